The molecule has 1 fully saturated rings. The zero-order chi connectivity index (χ0) is 12.5. The number of para-hydroxylation sites is 1. The molecule has 1 aliphatic rings. The second-order valence-electron chi connectivity index (χ2n) is 4.62. The molecule has 3 rings (SSSR count). The first-order valence-electron chi connectivity index (χ1n) is 6.16. The van der Waals surface area contributed by atoms with Crippen LogP contribution in [0.3, 0.4) is 0 Å². The maximum Gasteiger partial charge on any atom is 0.149 e. The highest BCUT2D eigenvalue weighted by molar-refractivity contribution is 5.76. The molecule has 2 aromatic rings. The SMILES string of the molecule is Cn1c(CC2COCCN2)nc2cccc(F)c21. The Balaban J connectivity index is 1.92. The molecule has 2 heterocycles. The van der Waals surface area contributed by atoms with Gasteiger partial charge in [0, 0.05) is 26.1 Å². The van der Waals surface area contributed by atoms with E-state index in [2.05, 4.69) is 10.3 Å². The fourth-order valence-electron chi connectivity index (χ4n) is 2.42. The molecule has 96 valence electrons. The molecule has 1 aromatic heterocycles. The number of morpholine rings is 1. The van der Waals surface area contributed by atoms with E-state index in [4.69, 9.17) is 4.74 Å². The van der Waals surface area contributed by atoms with Crippen molar-refractivity contribution in [3.63, 3.8) is 0 Å². The number of imidazole rings is 1. The lowest BCUT2D eigenvalue weighted by Crippen LogP contribution is -2.42. The summed E-state index contributed by atoms with van der Waals surface area (Å²) in [5.74, 6) is 0.666. The standard InChI is InChI=1S/C13H16FN3O/c1-17-12(7-9-8-18-6-5-15-9)16-11-4-2-3-10(14)13(11)17/h2-4,9,15H,5-8H2,1H3. The first-order valence-corrected chi connectivity index (χ1v) is 6.16. The quantitative estimate of drug-likeness (QED) is 0.870. The lowest BCUT2D eigenvalue weighted by molar-refractivity contribution is 0.0762. The predicted molar refractivity (Wildman–Crippen MR) is 67.0 cm³/mol. The van der Waals surface area contributed by atoms with E-state index >= 15 is 0 Å². The lowest BCUT2D eigenvalue weighted by atomic mass is 10.2. The van der Waals surface area contributed by atoms with Gasteiger partial charge in [0.1, 0.15) is 17.2 Å². The molecular weight excluding hydrogens is 233 g/mol. The Labute approximate surface area is 105 Å². The van der Waals surface area contributed by atoms with E-state index in [9.17, 15) is 4.39 Å². The minimum absolute atomic E-state index is 0.221. The van der Waals surface area contributed by atoms with Gasteiger partial charge in [-0.3, -0.25) is 0 Å². The van der Waals surface area contributed by atoms with E-state index in [1.54, 1.807) is 6.07 Å². The van der Waals surface area contributed by atoms with Crippen molar-refractivity contribution in [2.24, 2.45) is 7.05 Å². The molecule has 0 saturated carbocycles. The topological polar surface area (TPSA) is 39.1 Å². The number of ether oxygens (including phenoxy) is 1. The maximum atomic E-state index is 13.7. The maximum absolute atomic E-state index is 13.7. The number of benzene rings is 1. The Morgan fingerprint density at radius 2 is 2.44 bits per heavy atom. The molecule has 1 N–H and O–H groups in total. The van der Waals surface area contributed by atoms with Crippen LogP contribution in [-0.4, -0.2) is 35.4 Å². The van der Waals surface area contributed by atoms with Crippen LogP contribution in [0.4, 0.5) is 4.39 Å². The number of nitrogens with zero attached hydrogens (tertiary/aromatic N) is 2. The van der Waals surface area contributed by atoms with Crippen molar-refractivity contribution in [2.45, 2.75) is 12.5 Å². The molecular formula is C13H16FN3O. The average molecular weight is 249 g/mol. The summed E-state index contributed by atoms with van der Waals surface area (Å²) in [4.78, 5) is 4.49. The summed E-state index contributed by atoms with van der Waals surface area (Å²) >= 11 is 0. The first-order chi connectivity index (χ1) is 8.75. The fourth-order valence-corrected chi connectivity index (χ4v) is 2.42. The predicted octanol–water partition coefficient (Wildman–Crippen LogP) is 1.24. The Morgan fingerprint density at radius 3 is 3.17 bits per heavy atom. The summed E-state index contributed by atoms with van der Waals surface area (Å²) in [6, 6.07) is 5.26. The molecule has 1 aromatic carbocycles. The summed E-state index contributed by atoms with van der Waals surface area (Å²) in [5.41, 5.74) is 1.29. The van der Waals surface area contributed by atoms with Crippen molar-refractivity contribution in [3.8, 4) is 0 Å². The van der Waals surface area contributed by atoms with Crippen LogP contribution >= 0.6 is 0 Å². The third-order valence-corrected chi connectivity index (χ3v) is 3.36. The number of nitrogens with one attached hydrogen (secondary N) is 1. The third kappa shape index (κ3) is 2.00. The molecule has 0 bridgehead atoms. The summed E-state index contributed by atoms with van der Waals surface area (Å²) in [6.07, 6.45) is 0.755. The Hall–Kier alpha value is -1.46. The van der Waals surface area contributed by atoms with Crippen LogP contribution in [0.5, 0.6) is 0 Å². The number of fused-ring (bicyclic) bond motifs is 1. The van der Waals surface area contributed by atoms with Crippen LogP contribution in [-0.2, 0) is 18.2 Å². The van der Waals surface area contributed by atoms with E-state index in [0.717, 1.165) is 25.4 Å². The van der Waals surface area contributed by atoms with Gasteiger partial charge in [-0.1, -0.05) is 6.07 Å². The molecule has 1 unspecified atom stereocenters. The van der Waals surface area contributed by atoms with Crippen molar-refractivity contribution < 1.29 is 9.13 Å². The van der Waals surface area contributed by atoms with Crippen molar-refractivity contribution >= 4 is 11.0 Å². The van der Waals surface area contributed by atoms with Crippen LogP contribution in [0.25, 0.3) is 11.0 Å². The van der Waals surface area contributed by atoms with E-state index < -0.39 is 0 Å². The van der Waals surface area contributed by atoms with Gasteiger partial charge in [0.15, 0.2) is 0 Å². The van der Waals surface area contributed by atoms with E-state index in [1.165, 1.54) is 6.07 Å². The van der Waals surface area contributed by atoms with Crippen LogP contribution in [0, 0.1) is 5.82 Å². The third-order valence-electron chi connectivity index (χ3n) is 3.36. The van der Waals surface area contributed by atoms with Gasteiger partial charge >= 0.3 is 0 Å². The van der Waals surface area contributed by atoms with Gasteiger partial charge in [0.25, 0.3) is 0 Å². The summed E-state index contributed by atoms with van der Waals surface area (Å²) in [7, 11) is 1.86. The minimum Gasteiger partial charge on any atom is -0.379 e. The Bertz CT molecular complexity index is 561. The van der Waals surface area contributed by atoms with Gasteiger partial charge in [-0.15, -0.1) is 0 Å². The van der Waals surface area contributed by atoms with Gasteiger partial charge in [-0.05, 0) is 12.1 Å². The van der Waals surface area contributed by atoms with Crippen molar-refractivity contribution in [3.05, 3.63) is 29.8 Å². The van der Waals surface area contributed by atoms with E-state index in [-0.39, 0.29) is 11.9 Å². The van der Waals surface area contributed by atoms with Gasteiger partial charge in [0.2, 0.25) is 0 Å². The lowest BCUT2D eigenvalue weighted by Gasteiger charge is -2.23. The summed E-state index contributed by atoms with van der Waals surface area (Å²) < 4.78 is 21.0. The molecule has 0 aliphatic carbocycles. The number of aromatic nitrogens is 2. The first kappa shape index (κ1) is 11.6. The van der Waals surface area contributed by atoms with E-state index in [0.29, 0.717) is 17.6 Å². The normalized spacial score (nSPS) is 20.4. The Kier molecular flexibility index (Phi) is 3.01. The summed E-state index contributed by atoms with van der Waals surface area (Å²) in [5, 5.41) is 3.38. The zero-order valence-corrected chi connectivity index (χ0v) is 10.3. The molecule has 0 spiro atoms. The number of hydrogen-bond donors (Lipinski definition) is 1. The van der Waals surface area contributed by atoms with E-state index in [1.807, 2.05) is 17.7 Å². The van der Waals surface area contributed by atoms with Crippen LogP contribution in [0.1, 0.15) is 5.82 Å². The highest BCUT2D eigenvalue weighted by Crippen LogP contribution is 2.19. The van der Waals surface area contributed by atoms with Gasteiger partial charge in [-0.2, -0.15) is 0 Å². The average Bonchev–Trinajstić information content (AvgIpc) is 2.69. The molecule has 4 nitrogen and oxygen atoms in total. The number of hydrogen-bond acceptors (Lipinski definition) is 3. The molecule has 0 amide bonds. The highest BCUT2D eigenvalue weighted by atomic mass is 19.1. The molecule has 1 saturated heterocycles. The van der Waals surface area contributed by atoms with Crippen molar-refractivity contribution in [1.29, 1.82) is 0 Å². The number of aryl methyl sites for hydroxylation is 1. The van der Waals surface area contributed by atoms with Gasteiger partial charge in [0.05, 0.1) is 18.7 Å². The fraction of sp³-hybridized carbons (Fsp3) is 0.462. The van der Waals surface area contributed by atoms with Crippen molar-refractivity contribution in [1.82, 2.24) is 14.9 Å². The monoisotopic (exact) mass is 249 g/mol. The van der Waals surface area contributed by atoms with Gasteiger partial charge < -0.3 is 14.6 Å². The largest absolute Gasteiger partial charge is 0.379 e. The minimum atomic E-state index is -0.221. The van der Waals surface area contributed by atoms with Gasteiger partial charge in [-0.25, -0.2) is 9.37 Å². The molecule has 18 heavy (non-hydrogen) atoms. The van der Waals surface area contributed by atoms with Crippen LogP contribution < -0.4 is 5.32 Å². The molecule has 1 atom stereocenters. The number of rotatable bonds is 2. The van der Waals surface area contributed by atoms with Crippen molar-refractivity contribution in [2.75, 3.05) is 19.8 Å². The molecule has 0 radical (unpaired) electrons. The molecule has 5 heteroatoms. The highest BCUT2D eigenvalue weighted by Gasteiger charge is 2.18. The second-order valence-corrected chi connectivity index (χ2v) is 4.62. The number of halogens is 1. The molecule has 1 aliphatic heterocycles. The summed E-state index contributed by atoms with van der Waals surface area (Å²) in [6.45, 7) is 2.31. The second kappa shape index (κ2) is 4.66. The van der Waals surface area contributed by atoms with Crippen LogP contribution in [0.2, 0.25) is 0 Å². The smallest absolute Gasteiger partial charge is 0.149 e. The Morgan fingerprint density at radius 1 is 1.56 bits per heavy atom. The zero-order valence-electron chi connectivity index (χ0n) is 10.3. The van der Waals surface area contributed by atoms with Crippen LogP contribution in [0.15, 0.2) is 18.2 Å².